The van der Waals surface area contributed by atoms with Gasteiger partial charge in [-0.05, 0) is 25.6 Å². The second kappa shape index (κ2) is 6.42. The van der Waals surface area contributed by atoms with Gasteiger partial charge in [0, 0.05) is 23.0 Å². The lowest BCUT2D eigenvalue weighted by Gasteiger charge is -2.18. The fourth-order valence-corrected chi connectivity index (χ4v) is 1.82. The van der Waals surface area contributed by atoms with Gasteiger partial charge in [0.15, 0.2) is 0 Å². The highest BCUT2D eigenvalue weighted by Crippen LogP contribution is 2.30. The van der Waals surface area contributed by atoms with Gasteiger partial charge in [0.25, 0.3) is 0 Å². The minimum Gasteiger partial charge on any atom is -0.496 e. The molecule has 1 rings (SSSR count). The quantitative estimate of drug-likeness (QED) is 0.795. The van der Waals surface area contributed by atoms with Crippen molar-refractivity contribution in [1.29, 1.82) is 0 Å². The van der Waals surface area contributed by atoms with E-state index in [1.54, 1.807) is 7.11 Å². The minimum atomic E-state index is 0.197. The number of ether oxygens (including phenoxy) is 1. The van der Waals surface area contributed by atoms with Gasteiger partial charge in [-0.1, -0.05) is 17.7 Å². The molecular weight excluding hydrogens is 222 g/mol. The first-order valence-corrected chi connectivity index (χ1v) is 5.55. The van der Waals surface area contributed by atoms with Gasteiger partial charge in [-0.2, -0.15) is 0 Å². The zero-order valence-corrected chi connectivity index (χ0v) is 10.3. The third kappa shape index (κ3) is 3.16. The van der Waals surface area contributed by atoms with E-state index in [0.29, 0.717) is 5.02 Å². The molecule has 0 saturated heterocycles. The van der Waals surface area contributed by atoms with Gasteiger partial charge in [-0.3, -0.25) is 0 Å². The summed E-state index contributed by atoms with van der Waals surface area (Å²) in [5.41, 5.74) is 1.09. The van der Waals surface area contributed by atoms with E-state index in [1.165, 1.54) is 0 Å². The van der Waals surface area contributed by atoms with Crippen molar-refractivity contribution in [3.8, 4) is 18.1 Å². The van der Waals surface area contributed by atoms with Gasteiger partial charge in [-0.25, -0.2) is 0 Å². The Morgan fingerprint density at radius 1 is 1.56 bits per heavy atom. The molecule has 0 aromatic heterocycles. The van der Waals surface area contributed by atoms with Crippen LogP contribution in [0.5, 0.6) is 5.75 Å². The topological polar surface area (TPSA) is 21.3 Å². The Morgan fingerprint density at radius 2 is 2.31 bits per heavy atom. The largest absolute Gasteiger partial charge is 0.496 e. The second-order valence-electron chi connectivity index (χ2n) is 3.47. The van der Waals surface area contributed by atoms with Crippen LogP contribution < -0.4 is 10.1 Å². The van der Waals surface area contributed by atoms with Crippen LogP contribution in [0.15, 0.2) is 18.2 Å². The van der Waals surface area contributed by atoms with E-state index in [-0.39, 0.29) is 6.04 Å². The van der Waals surface area contributed by atoms with Crippen LogP contribution in [0.4, 0.5) is 0 Å². The molecule has 0 aliphatic rings. The second-order valence-corrected chi connectivity index (χ2v) is 3.91. The van der Waals surface area contributed by atoms with E-state index < -0.39 is 0 Å². The van der Waals surface area contributed by atoms with Gasteiger partial charge in [0.2, 0.25) is 0 Å². The molecule has 0 amide bonds. The number of benzene rings is 1. The van der Waals surface area contributed by atoms with Crippen molar-refractivity contribution < 1.29 is 4.74 Å². The molecule has 0 bridgehead atoms. The van der Waals surface area contributed by atoms with Crippen molar-refractivity contribution in [1.82, 2.24) is 5.32 Å². The lowest BCUT2D eigenvalue weighted by molar-refractivity contribution is 0.399. The highest BCUT2D eigenvalue weighted by molar-refractivity contribution is 6.30. The third-order valence-corrected chi connectivity index (χ3v) is 2.73. The molecule has 0 saturated carbocycles. The van der Waals surface area contributed by atoms with Crippen LogP contribution in [-0.2, 0) is 0 Å². The zero-order valence-electron chi connectivity index (χ0n) is 9.59. The molecule has 86 valence electrons. The Hall–Kier alpha value is -1.17. The smallest absolute Gasteiger partial charge is 0.125 e. The fraction of sp³-hybridized carbons (Fsp3) is 0.385. The molecule has 1 aromatic carbocycles. The summed E-state index contributed by atoms with van der Waals surface area (Å²) in [5, 5.41) is 3.90. The first-order valence-electron chi connectivity index (χ1n) is 5.17. The predicted octanol–water partition coefficient (Wildman–Crippen LogP) is 3.02. The SMILES string of the molecule is C#CCCC(NC)c1ccc(Cl)cc1OC. The summed E-state index contributed by atoms with van der Waals surface area (Å²) in [4.78, 5) is 0. The number of hydrogen-bond donors (Lipinski definition) is 1. The summed E-state index contributed by atoms with van der Waals surface area (Å²) in [6.45, 7) is 0. The molecule has 16 heavy (non-hydrogen) atoms. The number of rotatable bonds is 5. The first kappa shape index (κ1) is 12.9. The van der Waals surface area contributed by atoms with Gasteiger partial charge < -0.3 is 10.1 Å². The summed E-state index contributed by atoms with van der Waals surface area (Å²) >= 11 is 5.92. The van der Waals surface area contributed by atoms with Crippen LogP contribution in [0.25, 0.3) is 0 Å². The van der Waals surface area contributed by atoms with Crippen LogP contribution >= 0.6 is 11.6 Å². The monoisotopic (exact) mass is 237 g/mol. The number of hydrogen-bond acceptors (Lipinski definition) is 2. The van der Waals surface area contributed by atoms with E-state index in [2.05, 4.69) is 11.2 Å². The van der Waals surface area contributed by atoms with E-state index in [0.717, 1.165) is 24.2 Å². The lowest BCUT2D eigenvalue weighted by Crippen LogP contribution is -2.16. The Balaban J connectivity index is 2.95. The Kier molecular flexibility index (Phi) is 5.18. The van der Waals surface area contributed by atoms with E-state index in [1.807, 2.05) is 25.2 Å². The summed E-state index contributed by atoms with van der Waals surface area (Å²) < 4.78 is 5.31. The fourth-order valence-electron chi connectivity index (χ4n) is 1.66. The van der Waals surface area contributed by atoms with Crippen LogP contribution in [0.3, 0.4) is 0 Å². The van der Waals surface area contributed by atoms with Gasteiger partial charge >= 0.3 is 0 Å². The normalized spacial score (nSPS) is 11.9. The zero-order chi connectivity index (χ0) is 12.0. The number of nitrogens with one attached hydrogen (secondary N) is 1. The number of terminal acetylenes is 1. The average Bonchev–Trinajstić information content (AvgIpc) is 2.31. The Morgan fingerprint density at radius 3 is 2.88 bits per heavy atom. The van der Waals surface area contributed by atoms with Crippen LogP contribution in [0.2, 0.25) is 5.02 Å². The first-order chi connectivity index (χ1) is 7.72. The average molecular weight is 238 g/mol. The Bertz CT molecular complexity index is 384. The highest BCUT2D eigenvalue weighted by atomic mass is 35.5. The Labute approximate surface area is 102 Å². The molecule has 2 nitrogen and oxygen atoms in total. The summed E-state index contributed by atoms with van der Waals surface area (Å²) in [6, 6.07) is 5.85. The maximum Gasteiger partial charge on any atom is 0.125 e. The predicted molar refractivity (Wildman–Crippen MR) is 67.9 cm³/mol. The van der Waals surface area contributed by atoms with Crippen LogP contribution in [0.1, 0.15) is 24.4 Å². The molecule has 1 unspecified atom stereocenters. The van der Waals surface area contributed by atoms with Crippen molar-refractivity contribution in [3.63, 3.8) is 0 Å². The molecule has 1 N–H and O–H groups in total. The van der Waals surface area contributed by atoms with Crippen LogP contribution in [0, 0.1) is 12.3 Å². The van der Waals surface area contributed by atoms with E-state index in [4.69, 9.17) is 22.8 Å². The molecule has 0 spiro atoms. The molecule has 1 atom stereocenters. The van der Waals surface area contributed by atoms with Gasteiger partial charge in [0.05, 0.1) is 7.11 Å². The molecular formula is C13H16ClNO. The van der Waals surface area contributed by atoms with E-state index >= 15 is 0 Å². The summed E-state index contributed by atoms with van der Waals surface area (Å²) in [6.07, 6.45) is 6.89. The van der Waals surface area contributed by atoms with Gasteiger partial charge in [-0.15, -0.1) is 12.3 Å². The summed E-state index contributed by atoms with van der Waals surface area (Å²) in [5.74, 6) is 3.44. The molecule has 1 aromatic rings. The molecule has 0 fully saturated rings. The molecule has 0 aliphatic heterocycles. The highest BCUT2D eigenvalue weighted by Gasteiger charge is 2.13. The maximum absolute atomic E-state index is 5.92. The standard InChI is InChI=1S/C13H16ClNO/c1-4-5-6-12(15-2)11-8-7-10(14)9-13(11)16-3/h1,7-9,12,15H,5-6H2,2-3H3. The van der Waals surface area contributed by atoms with E-state index in [9.17, 15) is 0 Å². The number of halogens is 1. The molecule has 0 aliphatic carbocycles. The molecule has 0 radical (unpaired) electrons. The lowest BCUT2D eigenvalue weighted by atomic mass is 10.0. The maximum atomic E-state index is 5.92. The van der Waals surface area contributed by atoms with Crippen molar-refractivity contribution in [2.45, 2.75) is 18.9 Å². The van der Waals surface area contributed by atoms with Crippen LogP contribution in [-0.4, -0.2) is 14.2 Å². The van der Waals surface area contributed by atoms with Gasteiger partial charge in [0.1, 0.15) is 5.75 Å². The minimum absolute atomic E-state index is 0.197. The molecule has 3 heteroatoms. The summed E-state index contributed by atoms with van der Waals surface area (Å²) in [7, 11) is 3.55. The van der Waals surface area contributed by atoms with Crippen molar-refractivity contribution in [3.05, 3.63) is 28.8 Å². The number of methoxy groups -OCH3 is 1. The van der Waals surface area contributed by atoms with Crippen molar-refractivity contribution >= 4 is 11.6 Å². The van der Waals surface area contributed by atoms with Crippen molar-refractivity contribution in [2.75, 3.05) is 14.2 Å². The van der Waals surface area contributed by atoms with Crippen molar-refractivity contribution in [2.24, 2.45) is 0 Å². The molecule has 0 heterocycles. The third-order valence-electron chi connectivity index (χ3n) is 2.50.